The highest BCUT2D eigenvalue weighted by Gasteiger charge is 2.19. The topological polar surface area (TPSA) is 76.2 Å². The van der Waals surface area contributed by atoms with Crippen LogP contribution in [0.25, 0.3) is 0 Å². The molecule has 3 N–H and O–H groups in total. The molecule has 0 fully saturated rings. The van der Waals surface area contributed by atoms with Crippen molar-refractivity contribution in [1.29, 1.82) is 0 Å². The lowest BCUT2D eigenvalue weighted by molar-refractivity contribution is -0.136. The highest BCUT2D eigenvalue weighted by Crippen LogP contribution is 2.27. The second kappa shape index (κ2) is 4.98. The smallest absolute Gasteiger partial charge is 0.307 e. The van der Waals surface area contributed by atoms with Gasteiger partial charge in [0.05, 0.1) is 12.1 Å². The van der Waals surface area contributed by atoms with Gasteiger partial charge in [0.15, 0.2) is 0 Å². The minimum atomic E-state index is -2.69. The Kier molecular flexibility index (Phi) is 3.89. The fraction of sp³-hybridized carbons (Fsp3) is 0.400. The maximum absolute atomic E-state index is 12.7. The Hall–Kier alpha value is -1.56. The predicted octanol–water partition coefficient (Wildman–Crippen LogP) is 1.41. The van der Waals surface area contributed by atoms with Gasteiger partial charge in [-0.3, -0.25) is 9.78 Å². The van der Waals surface area contributed by atoms with E-state index in [1.54, 1.807) is 0 Å². The van der Waals surface area contributed by atoms with Crippen molar-refractivity contribution in [2.45, 2.75) is 26.3 Å². The van der Waals surface area contributed by atoms with Gasteiger partial charge in [0.1, 0.15) is 0 Å². The van der Waals surface area contributed by atoms with Crippen molar-refractivity contribution in [3.05, 3.63) is 28.6 Å². The number of nitrogens with two attached hydrogens (primary N) is 1. The molecule has 0 saturated carbocycles. The first kappa shape index (κ1) is 12.5. The zero-order chi connectivity index (χ0) is 12.3. The van der Waals surface area contributed by atoms with Gasteiger partial charge in [-0.25, -0.2) is 8.78 Å². The van der Waals surface area contributed by atoms with E-state index < -0.39 is 12.4 Å². The number of alkyl halides is 2. The maximum Gasteiger partial charge on any atom is 0.307 e. The van der Waals surface area contributed by atoms with E-state index in [0.717, 1.165) is 0 Å². The number of aliphatic carboxylic acids is 1. The summed E-state index contributed by atoms with van der Waals surface area (Å²) in [7, 11) is 0. The molecule has 1 aromatic heterocycles. The molecule has 0 spiro atoms. The monoisotopic (exact) mass is 230 g/mol. The van der Waals surface area contributed by atoms with E-state index in [9.17, 15) is 13.6 Å². The average Bonchev–Trinajstić information content (AvgIpc) is 2.19. The van der Waals surface area contributed by atoms with Crippen LogP contribution in [0.5, 0.6) is 0 Å². The first-order valence-electron chi connectivity index (χ1n) is 4.64. The number of nitrogens with zero attached hydrogens (tertiary/aromatic N) is 1. The number of pyridine rings is 1. The first-order chi connectivity index (χ1) is 7.47. The number of aromatic nitrogens is 1. The summed E-state index contributed by atoms with van der Waals surface area (Å²) in [6.07, 6.45) is -1.72. The molecule has 0 atom stereocenters. The number of rotatable bonds is 4. The van der Waals surface area contributed by atoms with Crippen LogP contribution < -0.4 is 5.73 Å². The highest BCUT2D eigenvalue weighted by atomic mass is 19.3. The second-order valence-electron chi connectivity index (χ2n) is 3.34. The van der Waals surface area contributed by atoms with Gasteiger partial charge in [0.2, 0.25) is 0 Å². The van der Waals surface area contributed by atoms with Crippen molar-refractivity contribution in [1.82, 2.24) is 4.98 Å². The lowest BCUT2D eigenvalue weighted by Crippen LogP contribution is -2.11. The molecule has 0 amide bonds. The third-order valence-corrected chi connectivity index (χ3v) is 2.33. The Bertz CT molecular complexity index is 408. The van der Waals surface area contributed by atoms with E-state index in [0.29, 0.717) is 5.56 Å². The molecule has 0 saturated heterocycles. The summed E-state index contributed by atoms with van der Waals surface area (Å²) < 4.78 is 25.5. The van der Waals surface area contributed by atoms with Crippen LogP contribution in [0, 0.1) is 6.92 Å². The van der Waals surface area contributed by atoms with Gasteiger partial charge in [0.25, 0.3) is 6.43 Å². The van der Waals surface area contributed by atoms with Gasteiger partial charge >= 0.3 is 5.97 Å². The summed E-state index contributed by atoms with van der Waals surface area (Å²) in [5.41, 5.74) is 5.71. The quantitative estimate of drug-likeness (QED) is 0.820. The van der Waals surface area contributed by atoms with Crippen LogP contribution in [0.1, 0.15) is 28.8 Å². The molecule has 0 unspecified atom stereocenters. The molecule has 0 radical (unpaired) electrons. The summed E-state index contributed by atoms with van der Waals surface area (Å²) in [6, 6.07) is 0. The van der Waals surface area contributed by atoms with E-state index in [1.165, 1.54) is 13.1 Å². The van der Waals surface area contributed by atoms with Crippen LogP contribution in [0.15, 0.2) is 6.20 Å². The van der Waals surface area contributed by atoms with Crippen molar-refractivity contribution in [3.63, 3.8) is 0 Å². The SMILES string of the molecule is Cc1c(CC(=O)O)cnc(CN)c1C(F)F. The molecule has 0 aliphatic carbocycles. The molecule has 0 aromatic carbocycles. The van der Waals surface area contributed by atoms with Crippen LogP contribution in [-0.2, 0) is 17.8 Å². The summed E-state index contributed by atoms with van der Waals surface area (Å²) in [5.74, 6) is -1.08. The zero-order valence-electron chi connectivity index (χ0n) is 8.70. The lowest BCUT2D eigenvalue weighted by atomic mass is 10.0. The molecule has 0 aliphatic heterocycles. The fourth-order valence-corrected chi connectivity index (χ4v) is 1.51. The van der Waals surface area contributed by atoms with Crippen molar-refractivity contribution in [2.75, 3.05) is 0 Å². The van der Waals surface area contributed by atoms with E-state index >= 15 is 0 Å². The van der Waals surface area contributed by atoms with Crippen molar-refractivity contribution in [2.24, 2.45) is 5.73 Å². The molecular weight excluding hydrogens is 218 g/mol. The van der Waals surface area contributed by atoms with Crippen LogP contribution in [0.3, 0.4) is 0 Å². The number of carbonyl (C=O) groups is 1. The number of carboxylic acids is 1. The number of carboxylic acid groups (broad SMARTS) is 1. The van der Waals surface area contributed by atoms with Crippen molar-refractivity contribution in [3.8, 4) is 0 Å². The summed E-state index contributed by atoms with van der Waals surface area (Å²) in [6.45, 7) is 1.37. The fourth-order valence-electron chi connectivity index (χ4n) is 1.51. The lowest BCUT2D eigenvalue weighted by Gasteiger charge is -2.12. The Balaban J connectivity index is 3.26. The minimum Gasteiger partial charge on any atom is -0.481 e. The number of halogens is 2. The third kappa shape index (κ3) is 2.52. The minimum absolute atomic E-state index is 0.0894. The maximum atomic E-state index is 12.7. The van der Waals surface area contributed by atoms with Gasteiger partial charge in [-0.1, -0.05) is 0 Å². The van der Waals surface area contributed by atoms with Crippen LogP contribution >= 0.6 is 0 Å². The highest BCUT2D eigenvalue weighted by molar-refractivity contribution is 5.70. The Morgan fingerprint density at radius 3 is 2.69 bits per heavy atom. The Morgan fingerprint density at radius 2 is 2.25 bits per heavy atom. The van der Waals surface area contributed by atoms with Crippen LogP contribution in [0.4, 0.5) is 8.78 Å². The molecule has 0 bridgehead atoms. The molecule has 0 aliphatic rings. The Labute approximate surface area is 91.1 Å². The van der Waals surface area contributed by atoms with E-state index in [4.69, 9.17) is 10.8 Å². The van der Waals surface area contributed by atoms with Gasteiger partial charge in [-0.15, -0.1) is 0 Å². The Morgan fingerprint density at radius 1 is 1.62 bits per heavy atom. The largest absolute Gasteiger partial charge is 0.481 e. The molecule has 88 valence electrons. The third-order valence-electron chi connectivity index (χ3n) is 2.33. The molecule has 1 rings (SSSR count). The first-order valence-corrected chi connectivity index (χ1v) is 4.64. The van der Waals surface area contributed by atoms with Crippen molar-refractivity contribution >= 4 is 5.97 Å². The summed E-state index contributed by atoms with van der Waals surface area (Å²) in [5, 5.41) is 8.61. The molecule has 16 heavy (non-hydrogen) atoms. The van der Waals surface area contributed by atoms with E-state index in [-0.39, 0.29) is 29.8 Å². The second-order valence-corrected chi connectivity index (χ2v) is 3.34. The molecule has 6 heteroatoms. The summed E-state index contributed by atoms with van der Waals surface area (Å²) in [4.78, 5) is 14.3. The van der Waals surface area contributed by atoms with Gasteiger partial charge in [-0.2, -0.15) is 0 Å². The predicted molar refractivity (Wildman–Crippen MR) is 53.2 cm³/mol. The zero-order valence-corrected chi connectivity index (χ0v) is 8.70. The van der Waals surface area contributed by atoms with Gasteiger partial charge in [0, 0.05) is 18.3 Å². The molecule has 1 aromatic rings. The molecular formula is C10H12F2N2O2. The average molecular weight is 230 g/mol. The number of hydrogen-bond donors (Lipinski definition) is 2. The molecule has 1 heterocycles. The van der Waals surface area contributed by atoms with Gasteiger partial charge in [-0.05, 0) is 18.1 Å². The molecule has 4 nitrogen and oxygen atoms in total. The summed E-state index contributed by atoms with van der Waals surface area (Å²) >= 11 is 0. The standard InChI is InChI=1S/C10H12F2N2O2/c1-5-6(2-8(15)16)4-14-7(3-13)9(5)10(11)12/h4,10H,2-3,13H2,1H3,(H,15,16). The van der Waals surface area contributed by atoms with Crippen LogP contribution in [-0.4, -0.2) is 16.1 Å². The van der Waals surface area contributed by atoms with E-state index in [1.807, 2.05) is 0 Å². The van der Waals surface area contributed by atoms with Crippen LogP contribution in [0.2, 0.25) is 0 Å². The van der Waals surface area contributed by atoms with Gasteiger partial charge < -0.3 is 10.8 Å². The van der Waals surface area contributed by atoms with Crippen molar-refractivity contribution < 1.29 is 18.7 Å². The normalized spacial score (nSPS) is 10.8. The van der Waals surface area contributed by atoms with E-state index in [2.05, 4.69) is 4.98 Å². The number of hydrogen-bond acceptors (Lipinski definition) is 3.